The van der Waals surface area contributed by atoms with Crippen LogP contribution in [-0.4, -0.2) is 9.97 Å². The first-order valence-electron chi connectivity index (χ1n) is 6.12. The topological polar surface area (TPSA) is 37.8 Å². The summed E-state index contributed by atoms with van der Waals surface area (Å²) in [5, 5.41) is 3.95. The van der Waals surface area contributed by atoms with Gasteiger partial charge in [0.15, 0.2) is 0 Å². The quantitative estimate of drug-likeness (QED) is 0.748. The van der Waals surface area contributed by atoms with Gasteiger partial charge >= 0.3 is 0 Å². The van der Waals surface area contributed by atoms with E-state index in [9.17, 15) is 0 Å². The van der Waals surface area contributed by atoms with Gasteiger partial charge in [0.05, 0.1) is 40.2 Å². The number of nitrogens with one attached hydrogen (secondary N) is 1. The summed E-state index contributed by atoms with van der Waals surface area (Å²) < 4.78 is 0.981. The highest BCUT2D eigenvalue weighted by molar-refractivity contribution is 9.10. The highest BCUT2D eigenvalue weighted by Gasteiger charge is 2.03. The molecule has 1 N–H and O–H groups in total. The zero-order valence-electron chi connectivity index (χ0n) is 10.5. The molecule has 0 saturated carbocycles. The van der Waals surface area contributed by atoms with Crippen molar-refractivity contribution < 1.29 is 0 Å². The molecule has 3 rings (SSSR count). The second kappa shape index (κ2) is 5.77. The van der Waals surface area contributed by atoms with E-state index >= 15 is 0 Å². The molecule has 20 heavy (non-hydrogen) atoms. The predicted molar refractivity (Wildman–Crippen MR) is 86.0 cm³/mol. The lowest BCUT2D eigenvalue weighted by Crippen LogP contribution is -2.03. The Morgan fingerprint density at radius 3 is 2.75 bits per heavy atom. The minimum atomic E-state index is 0.577. The van der Waals surface area contributed by atoms with Gasteiger partial charge in [0.25, 0.3) is 0 Å². The van der Waals surface area contributed by atoms with Gasteiger partial charge in [0, 0.05) is 4.47 Å². The third-order valence-corrected chi connectivity index (χ3v) is 3.71. The summed E-state index contributed by atoms with van der Waals surface area (Å²) >= 11 is 9.57. The van der Waals surface area contributed by atoms with Gasteiger partial charge in [-0.05, 0) is 30.3 Å². The normalized spacial score (nSPS) is 10.7. The van der Waals surface area contributed by atoms with E-state index < -0.39 is 0 Å². The number of hydrogen-bond donors (Lipinski definition) is 1. The van der Waals surface area contributed by atoms with Crippen molar-refractivity contribution in [1.29, 1.82) is 0 Å². The van der Waals surface area contributed by atoms with Crippen molar-refractivity contribution in [3.8, 4) is 0 Å². The van der Waals surface area contributed by atoms with Crippen LogP contribution in [0.25, 0.3) is 11.0 Å². The van der Waals surface area contributed by atoms with Crippen LogP contribution >= 0.6 is 27.5 Å². The summed E-state index contributed by atoms with van der Waals surface area (Å²) in [6.45, 7) is 0.577. The number of nitrogens with zero attached hydrogens (tertiary/aromatic N) is 2. The van der Waals surface area contributed by atoms with Crippen molar-refractivity contribution >= 4 is 44.3 Å². The lowest BCUT2D eigenvalue weighted by atomic mass is 10.3. The molecule has 0 aliphatic heterocycles. The first kappa shape index (κ1) is 13.3. The molecule has 0 aliphatic rings. The van der Waals surface area contributed by atoms with Crippen LogP contribution in [0.15, 0.2) is 53.1 Å². The van der Waals surface area contributed by atoms with E-state index in [0.29, 0.717) is 11.6 Å². The van der Waals surface area contributed by atoms with Gasteiger partial charge in [-0.15, -0.1) is 0 Å². The first-order valence-corrected chi connectivity index (χ1v) is 7.29. The number of fused-ring (bicyclic) bond motifs is 1. The van der Waals surface area contributed by atoms with E-state index in [1.165, 1.54) is 0 Å². The Hall–Kier alpha value is -1.65. The van der Waals surface area contributed by atoms with Crippen LogP contribution < -0.4 is 5.32 Å². The molecule has 0 saturated heterocycles. The third-order valence-electron chi connectivity index (χ3n) is 2.89. The average molecular weight is 349 g/mol. The molecule has 0 unspecified atom stereocenters. The maximum absolute atomic E-state index is 6.14. The van der Waals surface area contributed by atoms with Crippen molar-refractivity contribution in [2.75, 3.05) is 5.32 Å². The Kier molecular flexibility index (Phi) is 3.85. The molecule has 0 atom stereocenters. The fourth-order valence-electron chi connectivity index (χ4n) is 1.90. The number of para-hydroxylation sites is 2. The Morgan fingerprint density at radius 2 is 1.90 bits per heavy atom. The largest absolute Gasteiger partial charge is 0.378 e. The molecular formula is C15H11BrClN3. The van der Waals surface area contributed by atoms with E-state index in [1.807, 2.05) is 42.5 Å². The SMILES string of the molecule is Clc1ccc(Br)cc1NCc1cnc2ccccc2n1. The minimum Gasteiger partial charge on any atom is -0.378 e. The maximum Gasteiger partial charge on any atom is 0.0890 e. The van der Waals surface area contributed by atoms with E-state index in [4.69, 9.17) is 11.6 Å². The van der Waals surface area contributed by atoms with Gasteiger partial charge < -0.3 is 5.32 Å². The number of anilines is 1. The molecule has 0 bridgehead atoms. The Morgan fingerprint density at radius 1 is 1.10 bits per heavy atom. The van der Waals surface area contributed by atoms with Crippen molar-refractivity contribution in [3.05, 3.63) is 63.9 Å². The van der Waals surface area contributed by atoms with Crippen molar-refractivity contribution in [2.45, 2.75) is 6.54 Å². The van der Waals surface area contributed by atoms with Gasteiger partial charge in [-0.3, -0.25) is 4.98 Å². The second-order valence-electron chi connectivity index (χ2n) is 4.33. The highest BCUT2D eigenvalue weighted by Crippen LogP contribution is 2.26. The van der Waals surface area contributed by atoms with Crippen LogP contribution in [-0.2, 0) is 6.54 Å². The molecule has 1 heterocycles. The third kappa shape index (κ3) is 2.92. The molecule has 1 aromatic heterocycles. The molecular weight excluding hydrogens is 338 g/mol. The zero-order chi connectivity index (χ0) is 13.9. The van der Waals surface area contributed by atoms with Gasteiger partial charge in [0.2, 0.25) is 0 Å². The Balaban J connectivity index is 1.81. The van der Waals surface area contributed by atoms with E-state index in [2.05, 4.69) is 31.2 Å². The molecule has 0 fully saturated rings. The summed E-state index contributed by atoms with van der Waals surface area (Å²) in [4.78, 5) is 8.95. The van der Waals surface area contributed by atoms with E-state index in [-0.39, 0.29) is 0 Å². The minimum absolute atomic E-state index is 0.577. The highest BCUT2D eigenvalue weighted by atomic mass is 79.9. The van der Waals surface area contributed by atoms with E-state index in [0.717, 1.165) is 26.9 Å². The van der Waals surface area contributed by atoms with Crippen LogP contribution in [0.1, 0.15) is 5.69 Å². The fourth-order valence-corrected chi connectivity index (χ4v) is 2.44. The Labute approximate surface area is 130 Å². The van der Waals surface area contributed by atoms with Gasteiger partial charge in [-0.25, -0.2) is 4.98 Å². The molecule has 0 spiro atoms. The standard InChI is InChI=1S/C15H11BrClN3/c16-10-5-6-12(17)15(7-10)19-9-11-8-18-13-3-1-2-4-14(13)20-11/h1-8,19H,9H2. The van der Waals surface area contributed by atoms with Crippen LogP contribution in [0.3, 0.4) is 0 Å². The summed E-state index contributed by atoms with van der Waals surface area (Å²) in [6.07, 6.45) is 1.78. The molecule has 0 radical (unpaired) electrons. The molecule has 5 heteroatoms. The number of aromatic nitrogens is 2. The Bertz CT molecular complexity index is 761. The van der Waals surface area contributed by atoms with Crippen molar-refractivity contribution in [2.24, 2.45) is 0 Å². The maximum atomic E-state index is 6.14. The van der Waals surface area contributed by atoms with Crippen LogP contribution in [0.4, 0.5) is 5.69 Å². The van der Waals surface area contributed by atoms with Crippen LogP contribution in [0.2, 0.25) is 5.02 Å². The molecule has 100 valence electrons. The molecule has 0 amide bonds. The van der Waals surface area contributed by atoms with Gasteiger partial charge in [0.1, 0.15) is 0 Å². The molecule has 2 aromatic carbocycles. The molecule has 0 aliphatic carbocycles. The van der Waals surface area contributed by atoms with Crippen LogP contribution in [0.5, 0.6) is 0 Å². The van der Waals surface area contributed by atoms with Gasteiger partial charge in [-0.1, -0.05) is 39.7 Å². The number of halogens is 2. The predicted octanol–water partition coefficient (Wildman–Crippen LogP) is 4.66. The smallest absolute Gasteiger partial charge is 0.0890 e. The van der Waals surface area contributed by atoms with Gasteiger partial charge in [-0.2, -0.15) is 0 Å². The average Bonchev–Trinajstić information content (AvgIpc) is 2.48. The lowest BCUT2D eigenvalue weighted by molar-refractivity contribution is 1.04. The summed E-state index contributed by atoms with van der Waals surface area (Å²) in [6, 6.07) is 13.5. The van der Waals surface area contributed by atoms with Crippen molar-refractivity contribution in [3.63, 3.8) is 0 Å². The zero-order valence-corrected chi connectivity index (χ0v) is 12.8. The van der Waals surface area contributed by atoms with Crippen molar-refractivity contribution in [1.82, 2.24) is 9.97 Å². The summed E-state index contributed by atoms with van der Waals surface area (Å²) in [5.41, 5.74) is 3.54. The van der Waals surface area contributed by atoms with E-state index in [1.54, 1.807) is 6.20 Å². The monoisotopic (exact) mass is 347 g/mol. The first-order chi connectivity index (χ1) is 9.72. The number of rotatable bonds is 3. The molecule has 3 nitrogen and oxygen atoms in total. The summed E-state index contributed by atoms with van der Waals surface area (Å²) in [7, 11) is 0. The molecule has 3 aromatic rings. The second-order valence-corrected chi connectivity index (χ2v) is 5.65. The lowest BCUT2D eigenvalue weighted by Gasteiger charge is -2.08. The fraction of sp³-hybridized carbons (Fsp3) is 0.0667. The number of benzene rings is 2. The summed E-state index contributed by atoms with van der Waals surface area (Å²) in [5.74, 6) is 0. The van der Waals surface area contributed by atoms with Crippen LogP contribution in [0, 0.1) is 0 Å². The number of hydrogen-bond acceptors (Lipinski definition) is 3.